The standard InChI is InChI=1S/C15H32N2O2/c1-13(14-6-7-14)17(10-11-19-3)9-5-4-8-15(2,18)12-16/h13-14,18H,4-12,16H2,1-3H3. The van der Waals surface area contributed by atoms with Crippen LogP contribution in [-0.2, 0) is 4.74 Å². The fourth-order valence-electron chi connectivity index (χ4n) is 2.53. The van der Waals surface area contributed by atoms with Crippen molar-refractivity contribution < 1.29 is 9.84 Å². The van der Waals surface area contributed by atoms with Crippen molar-refractivity contribution in [2.75, 3.05) is 33.4 Å². The minimum Gasteiger partial charge on any atom is -0.389 e. The molecule has 0 aliphatic heterocycles. The molecule has 3 N–H and O–H groups in total. The molecule has 0 radical (unpaired) electrons. The Kier molecular flexibility index (Phi) is 7.29. The van der Waals surface area contributed by atoms with Crippen LogP contribution in [0.15, 0.2) is 0 Å². The lowest BCUT2D eigenvalue weighted by atomic mass is 9.99. The van der Waals surface area contributed by atoms with Gasteiger partial charge in [-0.2, -0.15) is 0 Å². The van der Waals surface area contributed by atoms with Crippen molar-refractivity contribution in [3.8, 4) is 0 Å². The maximum atomic E-state index is 9.88. The Hall–Kier alpha value is -0.160. The fraction of sp³-hybridized carbons (Fsp3) is 1.00. The molecule has 0 aromatic rings. The third kappa shape index (κ3) is 6.70. The number of methoxy groups -OCH3 is 1. The quantitative estimate of drug-likeness (QED) is 0.561. The van der Waals surface area contributed by atoms with Crippen molar-refractivity contribution in [1.29, 1.82) is 0 Å². The molecule has 0 spiro atoms. The summed E-state index contributed by atoms with van der Waals surface area (Å²) in [5, 5.41) is 9.88. The highest BCUT2D eigenvalue weighted by molar-refractivity contribution is 4.85. The molecule has 0 aromatic carbocycles. The lowest BCUT2D eigenvalue weighted by Gasteiger charge is -2.29. The number of hydrogen-bond acceptors (Lipinski definition) is 4. The number of rotatable bonds is 11. The Labute approximate surface area is 118 Å². The highest BCUT2D eigenvalue weighted by atomic mass is 16.5. The third-order valence-electron chi connectivity index (χ3n) is 4.31. The largest absolute Gasteiger partial charge is 0.389 e. The molecule has 0 bridgehead atoms. The van der Waals surface area contributed by atoms with Gasteiger partial charge in [0.15, 0.2) is 0 Å². The van der Waals surface area contributed by atoms with E-state index in [1.165, 1.54) is 12.8 Å². The van der Waals surface area contributed by atoms with Crippen LogP contribution < -0.4 is 5.73 Å². The lowest BCUT2D eigenvalue weighted by Crippen LogP contribution is -2.38. The normalized spacial score (nSPS) is 20.5. The van der Waals surface area contributed by atoms with Gasteiger partial charge in [-0.1, -0.05) is 0 Å². The van der Waals surface area contributed by atoms with Gasteiger partial charge in [0.05, 0.1) is 12.2 Å². The summed E-state index contributed by atoms with van der Waals surface area (Å²) >= 11 is 0. The van der Waals surface area contributed by atoms with Gasteiger partial charge in [-0.25, -0.2) is 0 Å². The van der Waals surface area contributed by atoms with Crippen molar-refractivity contribution in [2.45, 2.75) is 57.6 Å². The fourth-order valence-corrected chi connectivity index (χ4v) is 2.53. The number of nitrogens with zero attached hydrogens (tertiary/aromatic N) is 1. The van der Waals surface area contributed by atoms with Crippen LogP contribution in [-0.4, -0.2) is 55.0 Å². The maximum absolute atomic E-state index is 9.88. The van der Waals surface area contributed by atoms with Gasteiger partial charge < -0.3 is 15.6 Å². The van der Waals surface area contributed by atoms with E-state index in [9.17, 15) is 5.11 Å². The Morgan fingerprint density at radius 3 is 2.58 bits per heavy atom. The summed E-state index contributed by atoms with van der Waals surface area (Å²) < 4.78 is 5.20. The number of hydrogen-bond donors (Lipinski definition) is 2. The highest BCUT2D eigenvalue weighted by Crippen LogP contribution is 2.35. The summed E-state index contributed by atoms with van der Waals surface area (Å²) in [4.78, 5) is 2.54. The predicted molar refractivity (Wildman–Crippen MR) is 79.2 cm³/mol. The Bertz CT molecular complexity index is 242. The van der Waals surface area contributed by atoms with E-state index in [1.807, 2.05) is 6.92 Å². The minimum absolute atomic E-state index is 0.346. The summed E-state index contributed by atoms with van der Waals surface area (Å²) in [6.07, 6.45) is 5.71. The smallest absolute Gasteiger partial charge is 0.0741 e. The molecule has 0 amide bonds. The van der Waals surface area contributed by atoms with Crippen LogP contribution in [0.4, 0.5) is 0 Å². The molecule has 0 saturated heterocycles. The van der Waals surface area contributed by atoms with Crippen LogP contribution in [0.1, 0.15) is 46.0 Å². The SMILES string of the molecule is COCCN(CCCCC(C)(O)CN)C(C)C1CC1. The van der Waals surface area contributed by atoms with Crippen LogP contribution in [0.2, 0.25) is 0 Å². The molecule has 2 unspecified atom stereocenters. The lowest BCUT2D eigenvalue weighted by molar-refractivity contribution is 0.0548. The third-order valence-corrected chi connectivity index (χ3v) is 4.31. The molecule has 0 heterocycles. The average Bonchev–Trinajstić information content (AvgIpc) is 3.21. The molecule has 0 aromatic heterocycles. The molecule has 2 atom stereocenters. The zero-order valence-electron chi connectivity index (χ0n) is 12.9. The molecule has 1 aliphatic carbocycles. The summed E-state index contributed by atoms with van der Waals surface area (Å²) in [5.41, 5.74) is 4.84. The summed E-state index contributed by atoms with van der Waals surface area (Å²) in [6, 6.07) is 0.671. The molecule has 19 heavy (non-hydrogen) atoms. The zero-order chi connectivity index (χ0) is 14.3. The van der Waals surface area contributed by atoms with E-state index in [-0.39, 0.29) is 0 Å². The zero-order valence-corrected chi connectivity index (χ0v) is 12.9. The van der Waals surface area contributed by atoms with Gasteiger partial charge in [0.25, 0.3) is 0 Å². The van der Waals surface area contributed by atoms with Gasteiger partial charge in [-0.3, -0.25) is 4.90 Å². The molecule has 1 aliphatic rings. The van der Waals surface area contributed by atoms with E-state index in [0.29, 0.717) is 12.6 Å². The van der Waals surface area contributed by atoms with Gasteiger partial charge >= 0.3 is 0 Å². The average molecular weight is 272 g/mol. The maximum Gasteiger partial charge on any atom is 0.0741 e. The minimum atomic E-state index is -0.695. The first-order chi connectivity index (χ1) is 9.00. The molecule has 1 fully saturated rings. The van der Waals surface area contributed by atoms with Crippen molar-refractivity contribution in [2.24, 2.45) is 11.7 Å². The highest BCUT2D eigenvalue weighted by Gasteiger charge is 2.31. The van der Waals surface area contributed by atoms with Crippen LogP contribution in [0, 0.1) is 5.92 Å². The predicted octanol–water partition coefficient (Wildman–Crippen LogP) is 1.61. The van der Waals surface area contributed by atoms with Gasteiger partial charge in [0, 0.05) is 26.2 Å². The van der Waals surface area contributed by atoms with Crippen molar-refractivity contribution in [3.05, 3.63) is 0 Å². The number of aliphatic hydroxyl groups is 1. The molecule has 4 nitrogen and oxygen atoms in total. The first kappa shape index (κ1) is 16.9. The van der Waals surface area contributed by atoms with Gasteiger partial charge in [0.2, 0.25) is 0 Å². The van der Waals surface area contributed by atoms with E-state index in [0.717, 1.165) is 44.9 Å². The molecule has 4 heteroatoms. The van der Waals surface area contributed by atoms with E-state index in [2.05, 4.69) is 11.8 Å². The van der Waals surface area contributed by atoms with Gasteiger partial charge in [-0.05, 0) is 58.4 Å². The molecule has 1 saturated carbocycles. The Balaban J connectivity index is 2.23. The number of unbranched alkanes of at least 4 members (excludes halogenated alkanes) is 1. The second kappa shape index (κ2) is 8.20. The van der Waals surface area contributed by atoms with E-state index < -0.39 is 5.60 Å². The van der Waals surface area contributed by atoms with Crippen LogP contribution in [0.3, 0.4) is 0 Å². The van der Waals surface area contributed by atoms with Crippen molar-refractivity contribution in [1.82, 2.24) is 4.90 Å². The molecular formula is C15H32N2O2. The van der Waals surface area contributed by atoms with E-state index >= 15 is 0 Å². The Morgan fingerprint density at radius 1 is 1.37 bits per heavy atom. The molecular weight excluding hydrogens is 240 g/mol. The van der Waals surface area contributed by atoms with E-state index in [1.54, 1.807) is 7.11 Å². The second-order valence-electron chi connectivity index (χ2n) is 6.26. The number of ether oxygens (including phenoxy) is 1. The van der Waals surface area contributed by atoms with Gasteiger partial charge in [-0.15, -0.1) is 0 Å². The number of nitrogens with two attached hydrogens (primary N) is 1. The molecule has 114 valence electrons. The van der Waals surface area contributed by atoms with Crippen LogP contribution in [0.25, 0.3) is 0 Å². The van der Waals surface area contributed by atoms with Crippen molar-refractivity contribution >= 4 is 0 Å². The monoisotopic (exact) mass is 272 g/mol. The summed E-state index contributed by atoms with van der Waals surface area (Å²) in [5.74, 6) is 0.893. The second-order valence-corrected chi connectivity index (χ2v) is 6.26. The first-order valence-electron chi connectivity index (χ1n) is 7.65. The Morgan fingerprint density at radius 2 is 2.05 bits per heavy atom. The topological polar surface area (TPSA) is 58.7 Å². The van der Waals surface area contributed by atoms with Gasteiger partial charge in [0.1, 0.15) is 0 Å². The van der Waals surface area contributed by atoms with Crippen molar-refractivity contribution in [3.63, 3.8) is 0 Å². The summed E-state index contributed by atoms with van der Waals surface area (Å²) in [6.45, 7) is 7.42. The van der Waals surface area contributed by atoms with Crippen LogP contribution in [0.5, 0.6) is 0 Å². The van der Waals surface area contributed by atoms with E-state index in [4.69, 9.17) is 10.5 Å². The van der Waals surface area contributed by atoms with Crippen LogP contribution >= 0.6 is 0 Å². The molecule has 1 rings (SSSR count). The first-order valence-corrected chi connectivity index (χ1v) is 7.65. The summed E-state index contributed by atoms with van der Waals surface area (Å²) in [7, 11) is 1.76.